The minimum absolute atomic E-state index is 1.10. The Bertz CT molecular complexity index is 220. The van der Waals surface area contributed by atoms with Gasteiger partial charge >= 0.3 is 0 Å². The summed E-state index contributed by atoms with van der Waals surface area (Å²) in [4.78, 5) is 3.08. The summed E-state index contributed by atoms with van der Waals surface area (Å²) in [6.45, 7) is 4.20. The molecule has 0 aliphatic heterocycles. The van der Waals surface area contributed by atoms with Crippen molar-refractivity contribution in [3.63, 3.8) is 0 Å². The third-order valence-corrected chi connectivity index (χ3v) is 1.59. The van der Waals surface area contributed by atoms with Crippen LogP contribution in [0.4, 0.5) is 0 Å². The molecule has 10 heavy (non-hydrogen) atoms. The van der Waals surface area contributed by atoms with Gasteiger partial charge in [-0.15, -0.1) is 0 Å². The minimum Gasteiger partial charge on any atom is -0.367 e. The molecule has 1 N–H and O–H groups in total. The highest BCUT2D eigenvalue weighted by atomic mass is 14.6. The van der Waals surface area contributed by atoms with Crippen LogP contribution in [0.2, 0.25) is 0 Å². The Morgan fingerprint density at radius 2 is 2.30 bits per heavy atom. The van der Waals surface area contributed by atoms with Crippen molar-refractivity contribution in [2.24, 2.45) is 0 Å². The number of hydrogen-bond acceptors (Lipinski definition) is 0. The zero-order valence-electron chi connectivity index (χ0n) is 6.52. The van der Waals surface area contributed by atoms with Crippen molar-refractivity contribution >= 4 is 6.08 Å². The lowest BCUT2D eigenvalue weighted by atomic mass is 10.1. The van der Waals surface area contributed by atoms with Gasteiger partial charge in [0.2, 0.25) is 0 Å². The van der Waals surface area contributed by atoms with Gasteiger partial charge in [0.25, 0.3) is 0 Å². The van der Waals surface area contributed by atoms with Crippen LogP contribution in [-0.4, -0.2) is 4.98 Å². The molecule has 0 atom stereocenters. The number of H-pyrrole nitrogens is 1. The highest BCUT2D eigenvalue weighted by molar-refractivity contribution is 5.52. The van der Waals surface area contributed by atoms with E-state index in [2.05, 4.69) is 30.3 Å². The summed E-state index contributed by atoms with van der Waals surface area (Å²) in [6.07, 6.45) is 9.36. The molecule has 0 bridgehead atoms. The SMILES string of the molecule is C/C=C\c1c[nH]cc1CC. The summed E-state index contributed by atoms with van der Waals surface area (Å²) in [7, 11) is 0. The van der Waals surface area contributed by atoms with E-state index in [9.17, 15) is 0 Å². The van der Waals surface area contributed by atoms with E-state index in [1.807, 2.05) is 13.1 Å². The van der Waals surface area contributed by atoms with Gasteiger partial charge in [-0.1, -0.05) is 19.1 Å². The predicted octanol–water partition coefficient (Wildman–Crippen LogP) is 2.61. The average molecular weight is 135 g/mol. The second-order valence-electron chi connectivity index (χ2n) is 2.29. The Labute approximate surface area is 61.8 Å². The third kappa shape index (κ3) is 1.29. The molecule has 1 aromatic rings. The molecule has 0 amide bonds. The summed E-state index contributed by atoms with van der Waals surface area (Å²) in [5.74, 6) is 0. The molecule has 1 heteroatoms. The molecular formula is C9H13N. The van der Waals surface area contributed by atoms with Gasteiger partial charge in [-0.2, -0.15) is 0 Å². The zero-order chi connectivity index (χ0) is 7.40. The van der Waals surface area contributed by atoms with Gasteiger partial charge in [0, 0.05) is 12.4 Å². The summed E-state index contributed by atoms with van der Waals surface area (Å²) < 4.78 is 0. The van der Waals surface area contributed by atoms with Crippen molar-refractivity contribution in [1.29, 1.82) is 0 Å². The molecule has 1 rings (SSSR count). The molecule has 0 aliphatic rings. The topological polar surface area (TPSA) is 15.8 Å². The quantitative estimate of drug-likeness (QED) is 0.641. The fourth-order valence-corrected chi connectivity index (χ4v) is 1.05. The van der Waals surface area contributed by atoms with Crippen molar-refractivity contribution in [3.05, 3.63) is 29.6 Å². The molecular weight excluding hydrogens is 122 g/mol. The van der Waals surface area contributed by atoms with Crippen LogP contribution in [0.5, 0.6) is 0 Å². The lowest BCUT2D eigenvalue weighted by Gasteiger charge is -1.90. The standard InChI is InChI=1S/C9H13N/c1-3-5-9-7-10-6-8(9)4-2/h3,5-7,10H,4H2,1-2H3/b5-3-. The number of hydrogen-bond donors (Lipinski definition) is 1. The highest BCUT2D eigenvalue weighted by Crippen LogP contribution is 2.09. The number of aromatic nitrogens is 1. The first-order valence-electron chi connectivity index (χ1n) is 3.66. The Kier molecular flexibility index (Phi) is 2.32. The predicted molar refractivity (Wildman–Crippen MR) is 44.9 cm³/mol. The number of rotatable bonds is 2. The van der Waals surface area contributed by atoms with E-state index in [1.54, 1.807) is 0 Å². The van der Waals surface area contributed by atoms with E-state index >= 15 is 0 Å². The van der Waals surface area contributed by atoms with Crippen molar-refractivity contribution in [2.75, 3.05) is 0 Å². The summed E-state index contributed by atoms with van der Waals surface area (Å²) in [5, 5.41) is 0. The van der Waals surface area contributed by atoms with Gasteiger partial charge in [-0.05, 0) is 24.5 Å². The Hall–Kier alpha value is -0.980. The van der Waals surface area contributed by atoms with Crippen LogP contribution in [-0.2, 0) is 6.42 Å². The average Bonchev–Trinajstić information content (AvgIpc) is 2.36. The van der Waals surface area contributed by atoms with Gasteiger partial charge in [0.1, 0.15) is 0 Å². The number of allylic oxidation sites excluding steroid dienone is 1. The fourth-order valence-electron chi connectivity index (χ4n) is 1.05. The smallest absolute Gasteiger partial charge is 0.00808 e. The third-order valence-electron chi connectivity index (χ3n) is 1.59. The van der Waals surface area contributed by atoms with Gasteiger partial charge < -0.3 is 4.98 Å². The van der Waals surface area contributed by atoms with E-state index in [-0.39, 0.29) is 0 Å². The van der Waals surface area contributed by atoms with Gasteiger partial charge in [0.15, 0.2) is 0 Å². The van der Waals surface area contributed by atoms with Gasteiger partial charge in [-0.25, -0.2) is 0 Å². The van der Waals surface area contributed by atoms with Crippen LogP contribution in [0, 0.1) is 0 Å². The maximum absolute atomic E-state index is 3.08. The lowest BCUT2D eigenvalue weighted by Crippen LogP contribution is -1.76. The molecule has 1 aromatic heterocycles. The Morgan fingerprint density at radius 3 is 2.90 bits per heavy atom. The second kappa shape index (κ2) is 3.25. The van der Waals surface area contributed by atoms with Gasteiger partial charge in [-0.3, -0.25) is 0 Å². The van der Waals surface area contributed by atoms with E-state index in [1.165, 1.54) is 11.1 Å². The molecule has 1 heterocycles. The maximum Gasteiger partial charge on any atom is 0.00808 e. The van der Waals surface area contributed by atoms with E-state index in [0.29, 0.717) is 0 Å². The Morgan fingerprint density at radius 1 is 1.50 bits per heavy atom. The van der Waals surface area contributed by atoms with Crippen LogP contribution in [0.1, 0.15) is 25.0 Å². The summed E-state index contributed by atoms with van der Waals surface area (Å²) in [6, 6.07) is 0. The largest absolute Gasteiger partial charge is 0.367 e. The maximum atomic E-state index is 3.08. The first-order chi connectivity index (χ1) is 4.88. The van der Waals surface area contributed by atoms with E-state index in [4.69, 9.17) is 0 Å². The van der Waals surface area contributed by atoms with Crippen molar-refractivity contribution in [3.8, 4) is 0 Å². The van der Waals surface area contributed by atoms with Crippen LogP contribution in [0.25, 0.3) is 6.08 Å². The Balaban J connectivity index is 2.90. The molecule has 54 valence electrons. The minimum atomic E-state index is 1.10. The van der Waals surface area contributed by atoms with Crippen LogP contribution >= 0.6 is 0 Å². The molecule has 0 saturated heterocycles. The van der Waals surface area contributed by atoms with Crippen molar-refractivity contribution < 1.29 is 0 Å². The van der Waals surface area contributed by atoms with Crippen LogP contribution in [0.15, 0.2) is 18.5 Å². The number of aromatic amines is 1. The number of nitrogens with one attached hydrogen (secondary N) is 1. The fraction of sp³-hybridized carbons (Fsp3) is 0.333. The monoisotopic (exact) mass is 135 g/mol. The molecule has 0 aromatic carbocycles. The summed E-state index contributed by atoms with van der Waals surface area (Å²) in [5.41, 5.74) is 2.70. The van der Waals surface area contributed by atoms with Crippen molar-refractivity contribution in [1.82, 2.24) is 4.98 Å². The molecule has 0 fully saturated rings. The number of aryl methyl sites for hydroxylation is 1. The van der Waals surface area contributed by atoms with E-state index in [0.717, 1.165) is 6.42 Å². The molecule has 0 spiro atoms. The first-order valence-corrected chi connectivity index (χ1v) is 3.66. The second-order valence-corrected chi connectivity index (χ2v) is 2.29. The molecule has 0 radical (unpaired) electrons. The molecule has 0 aliphatic carbocycles. The molecule has 0 unspecified atom stereocenters. The normalized spacial score (nSPS) is 11.0. The van der Waals surface area contributed by atoms with Gasteiger partial charge in [0.05, 0.1) is 0 Å². The molecule has 1 nitrogen and oxygen atoms in total. The van der Waals surface area contributed by atoms with Crippen LogP contribution < -0.4 is 0 Å². The summed E-state index contributed by atoms with van der Waals surface area (Å²) >= 11 is 0. The molecule has 0 saturated carbocycles. The lowest BCUT2D eigenvalue weighted by molar-refractivity contribution is 1.14. The first kappa shape index (κ1) is 7.13. The highest BCUT2D eigenvalue weighted by Gasteiger charge is 1.94. The van der Waals surface area contributed by atoms with Crippen LogP contribution in [0.3, 0.4) is 0 Å². The zero-order valence-corrected chi connectivity index (χ0v) is 6.52. The van der Waals surface area contributed by atoms with E-state index < -0.39 is 0 Å². The van der Waals surface area contributed by atoms with Crippen molar-refractivity contribution in [2.45, 2.75) is 20.3 Å².